The highest BCUT2D eigenvalue weighted by atomic mass is 32.2. The van der Waals surface area contributed by atoms with E-state index in [2.05, 4.69) is 24.0 Å². The molecule has 2 aromatic rings. The predicted octanol–water partition coefficient (Wildman–Crippen LogP) is 3.78. The minimum Gasteiger partial charge on any atom is -0.339 e. The predicted molar refractivity (Wildman–Crippen MR) is 116 cm³/mol. The number of rotatable bonds is 5. The van der Waals surface area contributed by atoms with Crippen LogP contribution in [0.5, 0.6) is 0 Å². The van der Waals surface area contributed by atoms with E-state index in [0.29, 0.717) is 43.1 Å². The van der Waals surface area contributed by atoms with E-state index in [9.17, 15) is 17.6 Å². The molecule has 9 heteroatoms. The van der Waals surface area contributed by atoms with Gasteiger partial charge in [0.2, 0.25) is 21.7 Å². The average molecular weight is 462 g/mol. The van der Waals surface area contributed by atoms with E-state index < -0.39 is 15.4 Å². The molecule has 7 nitrogen and oxygen atoms in total. The molecule has 0 radical (unpaired) electrons. The van der Waals surface area contributed by atoms with E-state index in [1.165, 1.54) is 16.4 Å². The van der Waals surface area contributed by atoms with Gasteiger partial charge in [-0.25, -0.2) is 17.1 Å². The van der Waals surface area contributed by atoms with E-state index in [1.54, 1.807) is 12.1 Å². The molecule has 1 aromatic heterocycles. The summed E-state index contributed by atoms with van der Waals surface area (Å²) in [6.07, 6.45) is 3.51. The lowest BCUT2D eigenvalue weighted by Gasteiger charge is -2.39. The van der Waals surface area contributed by atoms with E-state index in [4.69, 9.17) is 4.52 Å². The summed E-state index contributed by atoms with van der Waals surface area (Å²) in [5.41, 5.74) is -0.425. The highest BCUT2D eigenvalue weighted by Crippen LogP contribution is 2.64. The fourth-order valence-corrected chi connectivity index (χ4v) is 8.32. The Labute approximate surface area is 187 Å². The number of carbonyl (C=O) groups excluding carboxylic acids is 1. The molecule has 172 valence electrons. The number of nitrogens with zero attached hydrogens (tertiary/aromatic N) is 3. The van der Waals surface area contributed by atoms with E-state index >= 15 is 0 Å². The van der Waals surface area contributed by atoms with Crippen LogP contribution in [0.2, 0.25) is 0 Å². The second-order valence-corrected chi connectivity index (χ2v) is 12.1. The van der Waals surface area contributed by atoms with E-state index in [1.807, 2.05) is 0 Å². The first-order chi connectivity index (χ1) is 15.1. The van der Waals surface area contributed by atoms with Gasteiger partial charge < -0.3 is 4.52 Å². The van der Waals surface area contributed by atoms with Crippen LogP contribution in [-0.4, -0.2) is 47.5 Å². The number of hydrogen-bond acceptors (Lipinski definition) is 6. The van der Waals surface area contributed by atoms with E-state index in [0.717, 1.165) is 12.8 Å². The first-order valence-electron chi connectivity index (χ1n) is 11.2. The minimum absolute atomic E-state index is 0.108. The molecule has 2 saturated carbocycles. The van der Waals surface area contributed by atoms with Gasteiger partial charge in [-0.3, -0.25) is 4.79 Å². The quantitative estimate of drug-likeness (QED) is 0.673. The lowest BCUT2D eigenvalue weighted by Crippen LogP contribution is -2.48. The molecule has 32 heavy (non-hydrogen) atoms. The molecule has 2 bridgehead atoms. The first kappa shape index (κ1) is 21.7. The Morgan fingerprint density at radius 2 is 1.97 bits per heavy atom. The fraction of sp³-hybridized carbons (Fsp3) is 0.609. The molecule has 3 fully saturated rings. The van der Waals surface area contributed by atoms with Gasteiger partial charge in [-0.05, 0) is 61.3 Å². The van der Waals surface area contributed by atoms with Crippen molar-refractivity contribution in [1.29, 1.82) is 0 Å². The molecule has 0 amide bonds. The monoisotopic (exact) mass is 461 g/mol. The van der Waals surface area contributed by atoms with Gasteiger partial charge in [-0.15, -0.1) is 0 Å². The molecule has 1 aliphatic heterocycles. The van der Waals surface area contributed by atoms with Crippen LogP contribution in [0.3, 0.4) is 0 Å². The number of Topliss-reactive ketones (excluding diaryl/α,β-unsaturated/α-hetero) is 1. The average Bonchev–Trinajstić information content (AvgIpc) is 3.38. The molecule has 3 atom stereocenters. The summed E-state index contributed by atoms with van der Waals surface area (Å²) < 4.78 is 47.1. The number of halogens is 1. The van der Waals surface area contributed by atoms with Gasteiger partial charge in [-0.1, -0.05) is 19.0 Å². The van der Waals surface area contributed by atoms with Crippen molar-refractivity contribution in [3.8, 4) is 11.4 Å². The number of carbonyl (C=O) groups is 1. The largest absolute Gasteiger partial charge is 0.339 e. The topological polar surface area (TPSA) is 93.4 Å². The summed E-state index contributed by atoms with van der Waals surface area (Å²) in [4.78, 5) is 17.3. The van der Waals surface area contributed by atoms with Crippen LogP contribution >= 0.6 is 0 Å². The third-order valence-corrected chi connectivity index (χ3v) is 10.2. The number of ketones is 1. The van der Waals surface area contributed by atoms with Gasteiger partial charge >= 0.3 is 0 Å². The number of sulfonamides is 1. The normalized spacial score (nSPS) is 30.2. The molecule has 2 aliphatic carbocycles. The standard InChI is InChI=1S/C23H28FN3O4S/c1-22(2)17-9-10-23(22,19(28)12-17)14-32(29,30)27-11-3-4-16(13-27)21-25-20(26-31-21)15-5-7-18(24)8-6-15/h5-8,16-17H,3-4,9-14H2,1-2H3. The number of benzene rings is 1. The maximum atomic E-state index is 13.5. The van der Waals surface area contributed by atoms with Crippen LogP contribution < -0.4 is 0 Å². The van der Waals surface area contributed by atoms with Gasteiger partial charge in [0.05, 0.1) is 11.7 Å². The van der Waals surface area contributed by atoms with Gasteiger partial charge in [0.25, 0.3) is 0 Å². The maximum Gasteiger partial charge on any atom is 0.231 e. The summed E-state index contributed by atoms with van der Waals surface area (Å²) in [7, 11) is -3.62. The van der Waals surface area contributed by atoms with Crippen molar-refractivity contribution in [2.24, 2.45) is 16.7 Å². The van der Waals surface area contributed by atoms with Crippen molar-refractivity contribution < 1.29 is 22.1 Å². The van der Waals surface area contributed by atoms with Crippen LogP contribution in [0.15, 0.2) is 28.8 Å². The Bertz CT molecular complexity index is 1140. The smallest absolute Gasteiger partial charge is 0.231 e. The zero-order valence-electron chi connectivity index (χ0n) is 18.4. The summed E-state index contributed by atoms with van der Waals surface area (Å²) in [5.74, 6) is 0.470. The third kappa shape index (κ3) is 3.32. The van der Waals surface area contributed by atoms with Gasteiger partial charge in [0, 0.05) is 30.5 Å². The van der Waals surface area contributed by atoms with Crippen LogP contribution in [-0.2, 0) is 14.8 Å². The zero-order valence-corrected chi connectivity index (χ0v) is 19.2. The molecule has 5 rings (SSSR count). The summed E-state index contributed by atoms with van der Waals surface area (Å²) in [6.45, 7) is 4.81. The molecule has 1 saturated heterocycles. The SMILES string of the molecule is CC1(C)C2CCC1(CS(=O)(=O)N1CCCC(c3nc(-c4ccc(F)cc4)no3)C1)C(=O)C2. The molecule has 0 N–H and O–H groups in total. The molecule has 1 aromatic carbocycles. The Balaban J connectivity index is 1.34. The lowest BCUT2D eigenvalue weighted by atomic mass is 9.70. The Morgan fingerprint density at radius 1 is 1.22 bits per heavy atom. The van der Waals surface area contributed by atoms with Crippen molar-refractivity contribution in [3.63, 3.8) is 0 Å². The van der Waals surface area contributed by atoms with Crippen LogP contribution in [0.25, 0.3) is 11.4 Å². The maximum absolute atomic E-state index is 13.5. The zero-order chi connectivity index (χ0) is 22.7. The molecular weight excluding hydrogens is 433 g/mol. The van der Waals surface area contributed by atoms with Crippen molar-refractivity contribution in [2.75, 3.05) is 18.8 Å². The molecule has 2 heterocycles. The number of hydrogen-bond donors (Lipinski definition) is 0. The number of fused-ring (bicyclic) bond motifs is 2. The number of aromatic nitrogens is 2. The van der Waals surface area contributed by atoms with E-state index in [-0.39, 0.29) is 41.1 Å². The molecule has 0 spiro atoms. The van der Waals surface area contributed by atoms with Crippen LogP contribution in [0.4, 0.5) is 4.39 Å². The number of piperidine rings is 1. The highest BCUT2D eigenvalue weighted by Gasteiger charge is 2.65. The second kappa shape index (κ2) is 7.45. The first-order valence-corrected chi connectivity index (χ1v) is 12.8. The lowest BCUT2D eigenvalue weighted by molar-refractivity contribution is -0.128. The molecular formula is C23H28FN3O4S. The summed E-state index contributed by atoms with van der Waals surface area (Å²) in [6, 6.07) is 5.82. The Kier molecular flexibility index (Phi) is 5.05. The third-order valence-electron chi connectivity index (χ3n) is 8.24. The Morgan fingerprint density at radius 3 is 2.62 bits per heavy atom. The van der Waals surface area contributed by atoms with Gasteiger partial charge in [0.1, 0.15) is 11.6 Å². The van der Waals surface area contributed by atoms with Crippen molar-refractivity contribution in [1.82, 2.24) is 14.4 Å². The van der Waals surface area contributed by atoms with Gasteiger partial charge in [-0.2, -0.15) is 4.98 Å². The van der Waals surface area contributed by atoms with Crippen LogP contribution in [0, 0.1) is 22.6 Å². The summed E-state index contributed by atoms with van der Waals surface area (Å²) >= 11 is 0. The molecule has 3 aliphatic rings. The summed E-state index contributed by atoms with van der Waals surface area (Å²) in [5, 5.41) is 4.00. The van der Waals surface area contributed by atoms with Gasteiger partial charge in [0.15, 0.2) is 0 Å². The van der Waals surface area contributed by atoms with Crippen molar-refractivity contribution in [3.05, 3.63) is 36.0 Å². The Hall–Kier alpha value is -2.13. The second-order valence-electron chi connectivity index (χ2n) is 10.1. The fourth-order valence-electron chi connectivity index (χ4n) is 6.02. The highest BCUT2D eigenvalue weighted by molar-refractivity contribution is 7.89. The van der Waals surface area contributed by atoms with Crippen molar-refractivity contribution in [2.45, 2.75) is 51.9 Å². The molecule has 3 unspecified atom stereocenters. The van der Waals surface area contributed by atoms with Crippen molar-refractivity contribution >= 4 is 15.8 Å². The van der Waals surface area contributed by atoms with Crippen LogP contribution in [0.1, 0.15) is 57.8 Å². The minimum atomic E-state index is -3.62.